The first-order valence-corrected chi connectivity index (χ1v) is 15.6. The van der Waals surface area contributed by atoms with Gasteiger partial charge in [-0.05, 0) is 24.3 Å². The van der Waals surface area contributed by atoms with E-state index in [1.165, 1.54) is 36.8 Å². The molecule has 0 saturated heterocycles. The molecule has 0 unspecified atom stereocenters. The maximum absolute atomic E-state index is 14.2. The van der Waals surface area contributed by atoms with E-state index in [9.17, 15) is 19.1 Å². The topological polar surface area (TPSA) is 114 Å². The molecule has 0 aliphatic carbocycles. The molecule has 0 bridgehead atoms. The zero-order valence-electron chi connectivity index (χ0n) is 20.7. The summed E-state index contributed by atoms with van der Waals surface area (Å²) in [5.41, 5.74) is 0.581. The summed E-state index contributed by atoms with van der Waals surface area (Å²) in [5, 5.41) is 21.5. The number of benzene rings is 4. The number of non-ortho nitro benzene ring substituents is 1. The van der Waals surface area contributed by atoms with E-state index in [0.29, 0.717) is 16.3 Å². The van der Waals surface area contributed by atoms with Gasteiger partial charge in [0.2, 0.25) is 5.78 Å². The molecule has 0 amide bonds. The molecule has 0 atom stereocenters. The van der Waals surface area contributed by atoms with E-state index in [1.807, 2.05) is 66.7 Å². The lowest BCUT2D eigenvalue weighted by atomic mass is 10.1. The summed E-state index contributed by atoms with van der Waals surface area (Å²) in [6.45, 7) is 0. The van der Waals surface area contributed by atoms with E-state index in [0.717, 1.165) is 0 Å². The number of azo groups is 1. The zero-order chi connectivity index (χ0) is 27.2. The third kappa shape index (κ3) is 6.02. The first kappa shape index (κ1) is 26.9. The van der Waals surface area contributed by atoms with E-state index >= 15 is 0 Å². The fraction of sp³-hybridized carbons (Fsp3) is 0.0714. The lowest BCUT2D eigenvalue weighted by molar-refractivity contribution is -0.384. The average Bonchev–Trinajstić information content (AvgIpc) is 2.93. The minimum Gasteiger partial charge on any atom is -0.287 e. The summed E-state index contributed by atoms with van der Waals surface area (Å²) in [6.07, 6.45) is 3.05. The molecule has 0 aromatic heterocycles. The van der Waals surface area contributed by atoms with Crippen molar-refractivity contribution in [3.8, 4) is 0 Å². The molecule has 4 aromatic carbocycles. The molecule has 10 heteroatoms. The minimum absolute atomic E-state index is 0.0176. The van der Waals surface area contributed by atoms with E-state index in [-0.39, 0.29) is 16.7 Å². The van der Waals surface area contributed by atoms with Gasteiger partial charge in [-0.15, -0.1) is 5.11 Å². The maximum atomic E-state index is 14.2. The summed E-state index contributed by atoms with van der Waals surface area (Å²) < 4.78 is 18.3. The standard InChI is InChI=1S/C28H25N4O4PS/c1-38(2,36)31-37(25-14-8-4-9-15-25,26-16-10-5-11-17-26)28(30-29-23-12-6-3-7-13-23)27(33)22-18-20-24(21-19-22)32(34)35/h3-21H,1-2H3. The monoisotopic (exact) mass is 544 g/mol. The average molecular weight is 545 g/mol. The van der Waals surface area contributed by atoms with Crippen LogP contribution in [-0.2, 0) is 9.73 Å². The molecule has 0 saturated carbocycles. The molecular formula is C28H25N4O4PS. The number of hydrogen-bond donors (Lipinski definition) is 0. The van der Waals surface area contributed by atoms with Crippen molar-refractivity contribution in [1.29, 1.82) is 0 Å². The zero-order valence-corrected chi connectivity index (χ0v) is 22.5. The molecule has 4 rings (SSSR count). The molecule has 0 spiro atoms. The van der Waals surface area contributed by atoms with Crippen LogP contribution in [0.1, 0.15) is 10.4 Å². The SMILES string of the molecule is CS(C)(=O)=NP(=C(N=Nc1ccccc1)C(=O)c1ccc([N+](=O)[O-])cc1)(c1ccccc1)c1ccccc1. The van der Waals surface area contributed by atoms with Gasteiger partial charge < -0.3 is 0 Å². The second kappa shape index (κ2) is 11.5. The molecule has 4 aromatic rings. The number of Topliss-reactive ketones (excluding diaryl/α,β-unsaturated/α-hetero) is 1. The predicted molar refractivity (Wildman–Crippen MR) is 155 cm³/mol. The molecule has 0 aliphatic heterocycles. The predicted octanol–water partition coefficient (Wildman–Crippen LogP) is 6.00. The third-order valence-electron chi connectivity index (χ3n) is 5.45. The van der Waals surface area contributed by atoms with Crippen molar-refractivity contribution >= 4 is 50.0 Å². The first-order valence-electron chi connectivity index (χ1n) is 11.5. The third-order valence-corrected chi connectivity index (χ3v) is 11.0. The van der Waals surface area contributed by atoms with Gasteiger partial charge in [0.05, 0.1) is 17.6 Å². The fourth-order valence-corrected chi connectivity index (χ4v) is 9.84. The van der Waals surface area contributed by atoms with Crippen LogP contribution in [0, 0.1) is 10.1 Å². The van der Waals surface area contributed by atoms with Gasteiger partial charge in [0.15, 0.2) is 5.42 Å². The van der Waals surface area contributed by atoms with Gasteiger partial charge in [0.1, 0.15) is 0 Å². The first-order chi connectivity index (χ1) is 18.2. The number of hydrogen-bond acceptors (Lipinski definition) is 6. The Morgan fingerprint density at radius 2 is 1.24 bits per heavy atom. The van der Waals surface area contributed by atoms with E-state index in [2.05, 4.69) is 10.2 Å². The van der Waals surface area contributed by atoms with Crippen LogP contribution >= 0.6 is 7.04 Å². The second-order valence-electron chi connectivity index (χ2n) is 8.56. The van der Waals surface area contributed by atoms with Crippen molar-refractivity contribution in [2.45, 2.75) is 0 Å². The number of nitro groups is 1. The lowest BCUT2D eigenvalue weighted by Gasteiger charge is -2.25. The smallest absolute Gasteiger partial charge is 0.269 e. The Bertz CT molecular complexity index is 1610. The number of nitrogens with zero attached hydrogens (tertiary/aromatic N) is 4. The van der Waals surface area contributed by atoms with Crippen molar-refractivity contribution in [2.75, 3.05) is 12.5 Å². The van der Waals surface area contributed by atoms with Gasteiger partial charge in [-0.1, -0.05) is 78.9 Å². The van der Waals surface area contributed by atoms with Crippen LogP contribution in [0.25, 0.3) is 0 Å². The summed E-state index contributed by atoms with van der Waals surface area (Å²) >= 11 is 0. The summed E-state index contributed by atoms with van der Waals surface area (Å²) in [7, 11) is -6.08. The molecule has 0 fully saturated rings. The van der Waals surface area contributed by atoms with Crippen molar-refractivity contribution < 1.29 is 13.9 Å². The van der Waals surface area contributed by atoms with Gasteiger partial charge in [-0.25, -0.2) is 4.13 Å². The normalized spacial score (nSPS) is 11.7. The lowest BCUT2D eigenvalue weighted by Crippen LogP contribution is -2.26. The van der Waals surface area contributed by atoms with Crippen molar-refractivity contribution in [3.63, 3.8) is 0 Å². The number of ketones is 1. The largest absolute Gasteiger partial charge is 0.287 e. The Hall–Kier alpha value is -4.20. The summed E-state index contributed by atoms with van der Waals surface area (Å²) in [6, 6.07) is 32.7. The summed E-state index contributed by atoms with van der Waals surface area (Å²) in [5.74, 6) is -0.506. The van der Waals surface area contributed by atoms with Gasteiger partial charge in [-0.3, -0.25) is 19.1 Å². The highest BCUT2D eigenvalue weighted by Crippen LogP contribution is 2.51. The van der Waals surface area contributed by atoms with E-state index < -0.39 is 27.5 Å². The Balaban J connectivity index is 2.17. The minimum atomic E-state index is -3.30. The molecular weight excluding hydrogens is 519 g/mol. The number of rotatable bonds is 8. The maximum Gasteiger partial charge on any atom is 0.269 e. The molecule has 0 radical (unpaired) electrons. The van der Waals surface area contributed by atoms with Gasteiger partial charge >= 0.3 is 0 Å². The van der Waals surface area contributed by atoms with E-state index in [1.54, 1.807) is 24.3 Å². The highest BCUT2D eigenvalue weighted by atomic mass is 32.2. The Morgan fingerprint density at radius 1 is 0.763 bits per heavy atom. The highest BCUT2D eigenvalue weighted by Gasteiger charge is 2.33. The number of carbonyl (C=O) groups excluding carboxylic acids is 1. The van der Waals surface area contributed by atoms with Gasteiger partial charge in [-0.2, -0.15) is 5.11 Å². The van der Waals surface area contributed by atoms with Crippen LogP contribution in [0.3, 0.4) is 0 Å². The highest BCUT2D eigenvalue weighted by molar-refractivity contribution is 8.01. The van der Waals surface area contributed by atoms with Crippen LogP contribution in [-0.4, -0.2) is 32.8 Å². The van der Waals surface area contributed by atoms with Gasteiger partial charge in [0.25, 0.3) is 5.69 Å². The Kier molecular flexibility index (Phi) is 8.10. The number of nitro benzene ring substituents is 1. The Labute approximate surface area is 221 Å². The fourth-order valence-electron chi connectivity index (χ4n) is 3.83. The molecule has 0 N–H and O–H groups in total. The Morgan fingerprint density at radius 3 is 1.68 bits per heavy atom. The van der Waals surface area contributed by atoms with Crippen molar-refractivity contribution in [3.05, 3.63) is 131 Å². The van der Waals surface area contributed by atoms with Crippen LogP contribution in [0.15, 0.2) is 130 Å². The van der Waals surface area contributed by atoms with Gasteiger partial charge in [0, 0.05) is 50.5 Å². The second-order valence-corrected chi connectivity index (χ2v) is 14.3. The van der Waals surface area contributed by atoms with Crippen LogP contribution in [0.4, 0.5) is 11.4 Å². The molecule has 38 heavy (non-hydrogen) atoms. The quantitative estimate of drug-likeness (QED) is 0.0889. The summed E-state index contributed by atoms with van der Waals surface area (Å²) in [4.78, 5) is 24.9. The molecule has 0 heterocycles. The van der Waals surface area contributed by atoms with Crippen LogP contribution in [0.2, 0.25) is 0 Å². The van der Waals surface area contributed by atoms with Crippen LogP contribution < -0.4 is 10.6 Å². The molecule has 8 nitrogen and oxygen atoms in total. The number of carbonyl (C=O) groups is 1. The van der Waals surface area contributed by atoms with E-state index in [4.69, 9.17) is 4.13 Å². The van der Waals surface area contributed by atoms with Crippen molar-refractivity contribution in [1.82, 2.24) is 0 Å². The van der Waals surface area contributed by atoms with Crippen LogP contribution in [0.5, 0.6) is 0 Å². The molecule has 0 aliphatic rings. The van der Waals surface area contributed by atoms with Crippen molar-refractivity contribution in [2.24, 2.45) is 14.4 Å². The molecule has 192 valence electrons.